The van der Waals surface area contributed by atoms with Gasteiger partial charge in [-0.3, -0.25) is 4.79 Å². The van der Waals surface area contributed by atoms with E-state index < -0.39 is 11.6 Å². The standard InChI is InChI=1S/C23H25ClN4O4S/c1-14(12-23(2,3)28-22(30)31)13-32-18-5-4-15(10-17(18)24)16-6-7-25-19(11-16)27-20(29)21-26-8-9-33-21/h4-11,14,28H,12-13H2,1-3H3,(H,30,31)(H,25,27,29)/t14-/m0/s1. The van der Waals surface area contributed by atoms with Gasteiger partial charge in [0, 0.05) is 23.3 Å². The van der Waals surface area contributed by atoms with Crippen molar-refractivity contribution >= 4 is 40.8 Å². The second-order valence-corrected chi connectivity index (χ2v) is 9.60. The Balaban J connectivity index is 1.63. The number of hydrogen-bond acceptors (Lipinski definition) is 6. The number of carbonyl (C=O) groups is 2. The highest BCUT2D eigenvalue weighted by atomic mass is 35.5. The van der Waals surface area contributed by atoms with E-state index in [9.17, 15) is 9.59 Å². The third kappa shape index (κ3) is 7.16. The minimum atomic E-state index is -1.05. The number of amides is 2. The van der Waals surface area contributed by atoms with Crippen LogP contribution in [0.5, 0.6) is 5.75 Å². The number of pyridine rings is 1. The monoisotopic (exact) mass is 488 g/mol. The maximum atomic E-state index is 12.2. The van der Waals surface area contributed by atoms with Crippen LogP contribution < -0.4 is 15.4 Å². The van der Waals surface area contributed by atoms with Crippen LogP contribution in [0.15, 0.2) is 48.1 Å². The molecule has 0 saturated carbocycles. The fourth-order valence-corrected chi connectivity index (χ4v) is 4.25. The Morgan fingerprint density at radius 3 is 2.61 bits per heavy atom. The van der Waals surface area contributed by atoms with E-state index in [0.29, 0.717) is 34.6 Å². The molecule has 0 saturated heterocycles. The Morgan fingerprint density at radius 2 is 1.94 bits per heavy atom. The summed E-state index contributed by atoms with van der Waals surface area (Å²) < 4.78 is 5.88. The summed E-state index contributed by atoms with van der Waals surface area (Å²) in [7, 11) is 0. The maximum Gasteiger partial charge on any atom is 0.405 e. The molecule has 0 fully saturated rings. The summed E-state index contributed by atoms with van der Waals surface area (Å²) in [5.41, 5.74) is 1.12. The van der Waals surface area contributed by atoms with Gasteiger partial charge in [-0.1, -0.05) is 24.6 Å². The van der Waals surface area contributed by atoms with Crippen LogP contribution in [0, 0.1) is 5.92 Å². The van der Waals surface area contributed by atoms with Crippen LogP contribution in [0.2, 0.25) is 5.02 Å². The topological polar surface area (TPSA) is 113 Å². The van der Waals surface area contributed by atoms with Crippen LogP contribution in [-0.4, -0.2) is 39.2 Å². The maximum absolute atomic E-state index is 12.2. The number of aromatic nitrogens is 2. The lowest BCUT2D eigenvalue weighted by Crippen LogP contribution is -2.44. The number of nitrogens with zero attached hydrogens (tertiary/aromatic N) is 2. The molecule has 10 heteroatoms. The summed E-state index contributed by atoms with van der Waals surface area (Å²) in [6.07, 6.45) is 2.75. The summed E-state index contributed by atoms with van der Waals surface area (Å²) in [5.74, 6) is 0.747. The molecule has 1 atom stereocenters. The predicted molar refractivity (Wildman–Crippen MR) is 129 cm³/mol. The molecule has 3 N–H and O–H groups in total. The highest BCUT2D eigenvalue weighted by Crippen LogP contribution is 2.31. The third-order valence-corrected chi connectivity index (χ3v) is 5.79. The van der Waals surface area contributed by atoms with E-state index in [-0.39, 0.29) is 11.8 Å². The average molecular weight is 489 g/mol. The van der Waals surface area contributed by atoms with E-state index in [1.54, 1.807) is 36.0 Å². The molecule has 174 valence electrons. The lowest BCUT2D eigenvalue weighted by Gasteiger charge is -2.28. The van der Waals surface area contributed by atoms with Crippen molar-refractivity contribution in [2.24, 2.45) is 5.92 Å². The van der Waals surface area contributed by atoms with Gasteiger partial charge in [0.25, 0.3) is 5.91 Å². The van der Waals surface area contributed by atoms with Crippen molar-refractivity contribution in [1.29, 1.82) is 0 Å². The molecule has 2 heterocycles. The van der Waals surface area contributed by atoms with Gasteiger partial charge in [-0.2, -0.15) is 0 Å². The summed E-state index contributed by atoms with van der Waals surface area (Å²) in [6, 6.07) is 9.05. The van der Waals surface area contributed by atoms with Crippen LogP contribution in [0.4, 0.5) is 10.6 Å². The molecule has 0 bridgehead atoms. The number of carboxylic acid groups (broad SMARTS) is 1. The quantitative estimate of drug-likeness (QED) is 0.363. The number of halogens is 1. The molecule has 0 aliphatic carbocycles. The molecule has 0 aliphatic rings. The minimum Gasteiger partial charge on any atom is -0.492 e. The highest BCUT2D eigenvalue weighted by Gasteiger charge is 2.23. The zero-order valence-corrected chi connectivity index (χ0v) is 20.0. The van der Waals surface area contributed by atoms with Gasteiger partial charge in [0.2, 0.25) is 0 Å². The lowest BCUT2D eigenvalue weighted by molar-refractivity contribution is 0.102. The normalized spacial score (nSPS) is 12.1. The van der Waals surface area contributed by atoms with Crippen molar-refractivity contribution in [1.82, 2.24) is 15.3 Å². The minimum absolute atomic E-state index is 0.104. The summed E-state index contributed by atoms with van der Waals surface area (Å²) in [5, 5.41) is 16.7. The Kier molecular flexibility index (Phi) is 7.88. The number of nitrogens with one attached hydrogen (secondary N) is 2. The van der Waals surface area contributed by atoms with Crippen LogP contribution in [-0.2, 0) is 0 Å². The second kappa shape index (κ2) is 10.6. The van der Waals surface area contributed by atoms with Crippen molar-refractivity contribution in [2.45, 2.75) is 32.7 Å². The number of anilines is 1. The molecular weight excluding hydrogens is 464 g/mol. The van der Waals surface area contributed by atoms with Crippen molar-refractivity contribution in [3.8, 4) is 16.9 Å². The van der Waals surface area contributed by atoms with Crippen molar-refractivity contribution in [2.75, 3.05) is 11.9 Å². The van der Waals surface area contributed by atoms with Crippen molar-refractivity contribution < 1.29 is 19.4 Å². The number of benzene rings is 1. The van der Waals surface area contributed by atoms with E-state index in [4.69, 9.17) is 21.4 Å². The fourth-order valence-electron chi connectivity index (χ4n) is 3.48. The van der Waals surface area contributed by atoms with Gasteiger partial charge in [-0.05, 0) is 61.6 Å². The van der Waals surface area contributed by atoms with Crippen LogP contribution >= 0.6 is 22.9 Å². The Morgan fingerprint density at radius 1 is 1.18 bits per heavy atom. The Labute approximate surface area is 201 Å². The first kappa shape index (κ1) is 24.5. The first-order valence-corrected chi connectivity index (χ1v) is 11.5. The molecule has 8 nitrogen and oxygen atoms in total. The highest BCUT2D eigenvalue weighted by molar-refractivity contribution is 7.11. The van der Waals surface area contributed by atoms with E-state index in [0.717, 1.165) is 11.1 Å². The molecule has 1 aromatic carbocycles. The number of carbonyl (C=O) groups excluding carboxylic acids is 1. The van der Waals surface area contributed by atoms with Crippen LogP contribution in [0.3, 0.4) is 0 Å². The van der Waals surface area contributed by atoms with E-state index in [1.165, 1.54) is 11.3 Å². The molecule has 2 aromatic heterocycles. The number of rotatable bonds is 9. The number of ether oxygens (including phenoxy) is 1. The van der Waals surface area contributed by atoms with Crippen molar-refractivity contribution in [3.63, 3.8) is 0 Å². The predicted octanol–water partition coefficient (Wildman–Crippen LogP) is 5.56. The zero-order valence-electron chi connectivity index (χ0n) is 18.5. The molecule has 33 heavy (non-hydrogen) atoms. The van der Waals surface area contributed by atoms with E-state index >= 15 is 0 Å². The molecule has 0 aliphatic heterocycles. The van der Waals surface area contributed by atoms with Gasteiger partial charge in [-0.25, -0.2) is 14.8 Å². The van der Waals surface area contributed by atoms with Gasteiger partial charge in [0.15, 0.2) is 5.01 Å². The number of thiazole rings is 1. The number of hydrogen-bond donors (Lipinski definition) is 3. The van der Waals surface area contributed by atoms with E-state index in [1.807, 2.05) is 32.9 Å². The molecule has 0 spiro atoms. The van der Waals surface area contributed by atoms with Gasteiger partial charge in [-0.15, -0.1) is 11.3 Å². The Bertz CT molecular complexity index is 1120. The zero-order chi connectivity index (χ0) is 24.0. The molecule has 3 rings (SSSR count). The van der Waals surface area contributed by atoms with E-state index in [2.05, 4.69) is 20.6 Å². The summed E-state index contributed by atoms with van der Waals surface area (Å²) in [4.78, 5) is 31.3. The third-order valence-electron chi connectivity index (χ3n) is 4.72. The largest absolute Gasteiger partial charge is 0.492 e. The fraction of sp³-hybridized carbons (Fsp3) is 0.304. The molecular formula is C23H25ClN4O4S. The first-order valence-electron chi connectivity index (χ1n) is 10.2. The SMILES string of the molecule is C[C@H](COc1ccc(-c2ccnc(NC(=O)c3nccs3)c2)cc1Cl)CC(C)(C)NC(=O)O. The molecule has 2 amide bonds. The molecule has 3 aromatic rings. The molecule has 0 radical (unpaired) electrons. The van der Waals surface area contributed by atoms with Gasteiger partial charge in [0.05, 0.1) is 11.6 Å². The first-order chi connectivity index (χ1) is 15.6. The summed E-state index contributed by atoms with van der Waals surface area (Å²) in [6.45, 7) is 6.06. The van der Waals surface area contributed by atoms with Gasteiger partial charge in [0.1, 0.15) is 11.6 Å². The van der Waals surface area contributed by atoms with Gasteiger partial charge >= 0.3 is 6.09 Å². The summed E-state index contributed by atoms with van der Waals surface area (Å²) >= 11 is 7.70. The molecule has 0 unspecified atom stereocenters. The second-order valence-electron chi connectivity index (χ2n) is 8.30. The van der Waals surface area contributed by atoms with Crippen molar-refractivity contribution in [3.05, 3.63) is 58.1 Å². The average Bonchev–Trinajstić information content (AvgIpc) is 3.27. The lowest BCUT2D eigenvalue weighted by atomic mass is 9.92. The van der Waals surface area contributed by atoms with Crippen LogP contribution in [0.1, 0.15) is 37.0 Å². The van der Waals surface area contributed by atoms with Gasteiger partial charge < -0.3 is 20.5 Å². The Hall–Kier alpha value is -3.17. The van der Waals surface area contributed by atoms with Crippen LogP contribution in [0.25, 0.3) is 11.1 Å². The smallest absolute Gasteiger partial charge is 0.405 e.